The molecule has 0 saturated heterocycles. The fourth-order valence-electron chi connectivity index (χ4n) is 1.76. The van der Waals surface area contributed by atoms with Gasteiger partial charge >= 0.3 is 0 Å². The molecular weight excluding hydrogens is 363 g/mol. The number of hydrogen-bond donors (Lipinski definition) is 1. The summed E-state index contributed by atoms with van der Waals surface area (Å²) in [5, 5.41) is 10.3. The maximum Gasteiger partial charge on any atom is 0.129 e. The Bertz CT molecular complexity index is 584. The number of aryl methyl sites for hydroxylation is 1. The van der Waals surface area contributed by atoms with Crippen molar-refractivity contribution >= 4 is 31.9 Å². The predicted molar refractivity (Wildman–Crippen MR) is 77.0 cm³/mol. The maximum absolute atomic E-state index is 13.7. The monoisotopic (exact) mass is 372 g/mol. The Labute approximate surface area is 122 Å². The van der Waals surface area contributed by atoms with Gasteiger partial charge < -0.3 is 5.11 Å². The highest BCUT2D eigenvalue weighted by Gasteiger charge is 2.17. The average Bonchev–Trinajstić information content (AvgIpc) is 2.31. The third kappa shape index (κ3) is 2.82. The molecule has 1 atom stereocenters. The van der Waals surface area contributed by atoms with E-state index in [0.717, 1.165) is 14.5 Å². The van der Waals surface area contributed by atoms with Gasteiger partial charge in [-0.15, -0.1) is 0 Å². The lowest BCUT2D eigenvalue weighted by molar-refractivity contribution is 0.214. The van der Waals surface area contributed by atoms with Gasteiger partial charge in [0, 0.05) is 14.5 Å². The van der Waals surface area contributed by atoms with Crippen molar-refractivity contribution in [2.24, 2.45) is 0 Å². The molecule has 18 heavy (non-hydrogen) atoms. The van der Waals surface area contributed by atoms with Crippen LogP contribution in [0.25, 0.3) is 0 Å². The summed E-state index contributed by atoms with van der Waals surface area (Å²) >= 11 is 6.72. The zero-order chi connectivity index (χ0) is 13.3. The van der Waals surface area contributed by atoms with Gasteiger partial charge in [0.15, 0.2) is 0 Å². The molecular formula is C14H11Br2FO. The highest BCUT2D eigenvalue weighted by molar-refractivity contribution is 9.11. The SMILES string of the molecule is Cc1ccc(F)c(C(O)c2ccc(Br)cc2Br)c1. The van der Waals surface area contributed by atoms with Gasteiger partial charge in [0.25, 0.3) is 0 Å². The fraction of sp³-hybridized carbons (Fsp3) is 0.143. The molecule has 2 aromatic carbocycles. The molecule has 0 radical (unpaired) electrons. The van der Waals surface area contributed by atoms with Crippen LogP contribution in [0, 0.1) is 12.7 Å². The summed E-state index contributed by atoms with van der Waals surface area (Å²) in [6.07, 6.45) is -0.979. The molecule has 1 N–H and O–H groups in total. The van der Waals surface area contributed by atoms with Crippen LogP contribution >= 0.6 is 31.9 Å². The van der Waals surface area contributed by atoms with Crippen LogP contribution < -0.4 is 0 Å². The van der Waals surface area contributed by atoms with Crippen molar-refractivity contribution in [2.45, 2.75) is 13.0 Å². The molecule has 4 heteroatoms. The number of benzene rings is 2. The average molecular weight is 374 g/mol. The molecule has 94 valence electrons. The molecule has 0 spiro atoms. The summed E-state index contributed by atoms with van der Waals surface area (Å²) < 4.78 is 15.4. The van der Waals surface area contributed by atoms with E-state index in [2.05, 4.69) is 31.9 Å². The molecule has 0 aliphatic carbocycles. The van der Waals surface area contributed by atoms with Crippen LogP contribution in [0.4, 0.5) is 4.39 Å². The van der Waals surface area contributed by atoms with Crippen molar-refractivity contribution in [2.75, 3.05) is 0 Å². The molecule has 1 nitrogen and oxygen atoms in total. The summed E-state index contributed by atoms with van der Waals surface area (Å²) in [4.78, 5) is 0. The molecule has 0 saturated carbocycles. The van der Waals surface area contributed by atoms with Gasteiger partial charge in [-0.2, -0.15) is 0 Å². The first-order chi connectivity index (χ1) is 8.49. The van der Waals surface area contributed by atoms with Crippen LogP contribution in [-0.4, -0.2) is 5.11 Å². The van der Waals surface area contributed by atoms with Crippen LogP contribution in [0.3, 0.4) is 0 Å². The van der Waals surface area contributed by atoms with Crippen LogP contribution in [0.5, 0.6) is 0 Å². The standard InChI is InChI=1S/C14H11Br2FO/c1-8-2-5-13(17)11(6-8)14(18)10-4-3-9(15)7-12(10)16/h2-7,14,18H,1H3. The van der Waals surface area contributed by atoms with Crippen LogP contribution in [0.2, 0.25) is 0 Å². The van der Waals surface area contributed by atoms with E-state index in [4.69, 9.17) is 0 Å². The fourth-order valence-corrected chi connectivity index (χ4v) is 3.03. The van der Waals surface area contributed by atoms with Gasteiger partial charge in [-0.3, -0.25) is 0 Å². The number of aliphatic hydroxyl groups excluding tert-OH is 1. The minimum Gasteiger partial charge on any atom is -0.384 e. The zero-order valence-corrected chi connectivity index (χ0v) is 12.8. The summed E-state index contributed by atoms with van der Waals surface area (Å²) in [6, 6.07) is 10.1. The van der Waals surface area contributed by atoms with Gasteiger partial charge in [-0.05, 0) is 30.7 Å². The molecule has 0 aliphatic rings. The molecule has 0 fully saturated rings. The number of hydrogen-bond acceptors (Lipinski definition) is 1. The summed E-state index contributed by atoms with van der Waals surface area (Å²) in [5.74, 6) is -0.400. The van der Waals surface area contributed by atoms with Crippen molar-refractivity contribution in [3.8, 4) is 0 Å². The first kappa shape index (κ1) is 13.7. The van der Waals surface area contributed by atoms with E-state index in [0.29, 0.717) is 5.56 Å². The lowest BCUT2D eigenvalue weighted by atomic mass is 9.99. The summed E-state index contributed by atoms with van der Waals surface area (Å²) in [6.45, 7) is 1.87. The van der Waals surface area contributed by atoms with Crippen LogP contribution in [-0.2, 0) is 0 Å². The Morgan fingerprint density at radius 1 is 1.06 bits per heavy atom. The summed E-state index contributed by atoms with van der Waals surface area (Å²) in [5.41, 5.74) is 1.85. The van der Waals surface area contributed by atoms with E-state index in [-0.39, 0.29) is 5.56 Å². The smallest absolute Gasteiger partial charge is 0.129 e. The molecule has 2 aromatic rings. The maximum atomic E-state index is 13.7. The Hall–Kier alpha value is -0.710. The van der Waals surface area contributed by atoms with E-state index in [1.807, 2.05) is 19.1 Å². The molecule has 2 rings (SSSR count). The lowest BCUT2D eigenvalue weighted by Gasteiger charge is -2.15. The van der Waals surface area contributed by atoms with E-state index >= 15 is 0 Å². The largest absolute Gasteiger partial charge is 0.384 e. The number of halogens is 3. The highest BCUT2D eigenvalue weighted by atomic mass is 79.9. The van der Waals surface area contributed by atoms with Gasteiger partial charge in [0.2, 0.25) is 0 Å². The lowest BCUT2D eigenvalue weighted by Crippen LogP contribution is -2.04. The van der Waals surface area contributed by atoms with E-state index in [1.54, 1.807) is 18.2 Å². The third-order valence-electron chi connectivity index (χ3n) is 2.70. The molecule has 0 aromatic heterocycles. The van der Waals surface area contributed by atoms with Crippen molar-refractivity contribution in [3.05, 3.63) is 67.9 Å². The first-order valence-electron chi connectivity index (χ1n) is 5.38. The van der Waals surface area contributed by atoms with E-state index < -0.39 is 11.9 Å². The minimum atomic E-state index is -0.979. The number of rotatable bonds is 2. The Balaban J connectivity index is 2.47. The quantitative estimate of drug-likeness (QED) is 0.805. The summed E-state index contributed by atoms with van der Waals surface area (Å²) in [7, 11) is 0. The van der Waals surface area contributed by atoms with Gasteiger partial charge in [-0.25, -0.2) is 4.39 Å². The van der Waals surface area contributed by atoms with E-state index in [9.17, 15) is 9.50 Å². The second kappa shape index (κ2) is 5.51. The minimum absolute atomic E-state index is 0.290. The second-order valence-corrected chi connectivity index (χ2v) is 5.86. The normalized spacial score (nSPS) is 12.5. The Morgan fingerprint density at radius 3 is 2.44 bits per heavy atom. The second-order valence-electron chi connectivity index (χ2n) is 4.09. The van der Waals surface area contributed by atoms with Crippen molar-refractivity contribution in [3.63, 3.8) is 0 Å². The number of aliphatic hydroxyl groups is 1. The molecule has 0 aliphatic heterocycles. The first-order valence-corrected chi connectivity index (χ1v) is 6.96. The van der Waals surface area contributed by atoms with Crippen LogP contribution in [0.1, 0.15) is 22.8 Å². The van der Waals surface area contributed by atoms with Gasteiger partial charge in [0.1, 0.15) is 11.9 Å². The third-order valence-corrected chi connectivity index (χ3v) is 3.88. The topological polar surface area (TPSA) is 20.2 Å². The molecule has 0 heterocycles. The molecule has 0 bridgehead atoms. The Kier molecular flexibility index (Phi) is 4.20. The molecule has 0 amide bonds. The van der Waals surface area contributed by atoms with Crippen molar-refractivity contribution in [1.82, 2.24) is 0 Å². The highest BCUT2D eigenvalue weighted by Crippen LogP contribution is 2.32. The molecule has 1 unspecified atom stereocenters. The van der Waals surface area contributed by atoms with Crippen molar-refractivity contribution in [1.29, 1.82) is 0 Å². The van der Waals surface area contributed by atoms with Crippen molar-refractivity contribution < 1.29 is 9.50 Å². The van der Waals surface area contributed by atoms with Crippen LogP contribution in [0.15, 0.2) is 45.3 Å². The van der Waals surface area contributed by atoms with E-state index in [1.165, 1.54) is 6.07 Å². The van der Waals surface area contributed by atoms with Gasteiger partial charge in [-0.1, -0.05) is 55.6 Å². The predicted octanol–water partition coefficient (Wildman–Crippen LogP) is 4.74. The zero-order valence-electron chi connectivity index (χ0n) is 9.62. The Morgan fingerprint density at radius 2 is 1.78 bits per heavy atom. The van der Waals surface area contributed by atoms with Gasteiger partial charge in [0.05, 0.1) is 0 Å².